The van der Waals surface area contributed by atoms with E-state index in [1.54, 1.807) is 19.5 Å². The molecule has 0 saturated heterocycles. The number of rotatable bonds is 7. The molecule has 1 aromatic carbocycles. The minimum atomic E-state index is -0.188. The van der Waals surface area contributed by atoms with Crippen LogP contribution < -0.4 is 15.8 Å². The van der Waals surface area contributed by atoms with Crippen LogP contribution in [-0.2, 0) is 0 Å². The number of hydrogen-bond acceptors (Lipinski definition) is 7. The van der Waals surface area contributed by atoms with Gasteiger partial charge in [-0.15, -0.1) is 0 Å². The van der Waals surface area contributed by atoms with Gasteiger partial charge in [-0.05, 0) is 37.1 Å². The highest BCUT2D eigenvalue weighted by molar-refractivity contribution is 6.31. The number of halogens is 1. The molecule has 0 fully saturated rings. The predicted molar refractivity (Wildman–Crippen MR) is 112 cm³/mol. The number of methoxy groups -OCH3 is 1. The molecule has 28 heavy (non-hydrogen) atoms. The van der Waals surface area contributed by atoms with Crippen LogP contribution >= 0.6 is 11.6 Å². The first kappa shape index (κ1) is 19.8. The van der Waals surface area contributed by atoms with Crippen LogP contribution in [-0.4, -0.2) is 39.8 Å². The van der Waals surface area contributed by atoms with Crippen molar-refractivity contribution in [1.29, 1.82) is 5.41 Å². The summed E-state index contributed by atoms with van der Waals surface area (Å²) in [6.07, 6.45) is 5.90. The van der Waals surface area contributed by atoms with Gasteiger partial charge in [0.15, 0.2) is 11.5 Å². The van der Waals surface area contributed by atoms with Crippen molar-refractivity contribution in [3.8, 4) is 5.75 Å². The number of fused-ring (bicyclic) bond motifs is 1. The van der Waals surface area contributed by atoms with Gasteiger partial charge in [-0.25, -0.2) is 15.0 Å². The van der Waals surface area contributed by atoms with Crippen molar-refractivity contribution in [2.24, 2.45) is 5.73 Å². The Kier molecular flexibility index (Phi) is 5.91. The number of benzene rings is 1. The number of aromatic amines is 1. The molecular weight excluding hydrogens is 378 g/mol. The average molecular weight is 400 g/mol. The summed E-state index contributed by atoms with van der Waals surface area (Å²) in [4.78, 5) is 15.6. The van der Waals surface area contributed by atoms with E-state index >= 15 is 0 Å². The quantitative estimate of drug-likeness (QED) is 0.450. The van der Waals surface area contributed by atoms with Crippen molar-refractivity contribution in [2.45, 2.75) is 19.9 Å². The summed E-state index contributed by atoms with van der Waals surface area (Å²) >= 11 is 6.52. The minimum absolute atomic E-state index is 0.188. The molecule has 0 spiro atoms. The minimum Gasteiger partial charge on any atom is -0.496 e. The Morgan fingerprint density at radius 2 is 2.21 bits per heavy atom. The number of nitrogens with zero attached hydrogens (tertiary/aromatic N) is 3. The molecule has 2 aromatic heterocycles. The fourth-order valence-electron chi connectivity index (χ4n) is 3.18. The lowest BCUT2D eigenvalue weighted by Crippen LogP contribution is -2.13. The zero-order valence-electron chi connectivity index (χ0n) is 15.9. The van der Waals surface area contributed by atoms with Crippen LogP contribution in [0.5, 0.6) is 5.75 Å². The van der Waals surface area contributed by atoms with Gasteiger partial charge in [-0.2, -0.15) is 0 Å². The standard InChI is InChI=1S/C19H22ClN7O/c1-10-14(20)6-13(17(28-3)15(10)12(7-22)4-5-21)11(2)27-19-16-18(24-8-23-16)25-9-26-19/h4-6,8-9,11,21H,7,22H2,1-3H3,(H2,23,24,25,26,27). The summed E-state index contributed by atoms with van der Waals surface area (Å²) in [5.74, 6) is 1.29. The second kappa shape index (κ2) is 8.37. The van der Waals surface area contributed by atoms with Gasteiger partial charge in [0.2, 0.25) is 0 Å². The molecule has 9 heteroatoms. The summed E-state index contributed by atoms with van der Waals surface area (Å²) in [5.41, 5.74) is 10.5. The number of hydrogen-bond donors (Lipinski definition) is 4. The fraction of sp³-hybridized carbons (Fsp3) is 0.263. The monoisotopic (exact) mass is 399 g/mol. The molecule has 0 aliphatic rings. The molecule has 0 radical (unpaired) electrons. The number of nitrogens with one attached hydrogen (secondary N) is 3. The van der Waals surface area contributed by atoms with Gasteiger partial charge in [0, 0.05) is 28.9 Å². The molecule has 5 N–H and O–H groups in total. The first-order chi connectivity index (χ1) is 13.5. The number of allylic oxidation sites excluding steroid dienone is 1. The third kappa shape index (κ3) is 3.56. The highest BCUT2D eigenvalue weighted by Gasteiger charge is 2.22. The van der Waals surface area contributed by atoms with E-state index in [9.17, 15) is 0 Å². The predicted octanol–water partition coefficient (Wildman–Crippen LogP) is 3.49. The van der Waals surface area contributed by atoms with Crippen molar-refractivity contribution in [3.63, 3.8) is 0 Å². The molecule has 0 aliphatic heterocycles. The highest BCUT2D eigenvalue weighted by atomic mass is 35.5. The number of ether oxygens (including phenoxy) is 1. The van der Waals surface area contributed by atoms with E-state index in [0.717, 1.165) is 27.8 Å². The zero-order valence-corrected chi connectivity index (χ0v) is 16.6. The summed E-state index contributed by atoms with van der Waals surface area (Å²) in [5, 5.41) is 11.4. The molecule has 0 bridgehead atoms. The summed E-state index contributed by atoms with van der Waals surface area (Å²) in [6.45, 7) is 4.16. The molecule has 0 amide bonds. The van der Waals surface area contributed by atoms with Gasteiger partial charge in [0.1, 0.15) is 17.6 Å². The number of imidazole rings is 1. The number of nitrogens with two attached hydrogens (primary N) is 1. The summed E-state index contributed by atoms with van der Waals surface area (Å²) < 4.78 is 5.75. The van der Waals surface area contributed by atoms with E-state index in [0.29, 0.717) is 22.2 Å². The third-order valence-electron chi connectivity index (χ3n) is 4.58. The SMILES string of the molecule is COc1c(C(C)Nc2ncnc3nc[nH]c23)cc(Cl)c(C)c1C(=CC=N)CN. The molecule has 8 nitrogen and oxygen atoms in total. The Bertz CT molecular complexity index is 1040. The Hall–Kier alpha value is -2.97. The van der Waals surface area contributed by atoms with Crippen molar-refractivity contribution in [3.05, 3.63) is 46.5 Å². The number of anilines is 1. The average Bonchev–Trinajstić information content (AvgIpc) is 3.18. The summed E-state index contributed by atoms with van der Waals surface area (Å²) in [6, 6.07) is 1.69. The highest BCUT2D eigenvalue weighted by Crippen LogP contribution is 2.40. The van der Waals surface area contributed by atoms with Gasteiger partial charge >= 0.3 is 0 Å². The van der Waals surface area contributed by atoms with E-state index < -0.39 is 0 Å². The van der Waals surface area contributed by atoms with Crippen LogP contribution in [0.1, 0.15) is 29.7 Å². The smallest absolute Gasteiger partial charge is 0.182 e. The zero-order chi connectivity index (χ0) is 20.3. The molecule has 1 unspecified atom stereocenters. The van der Waals surface area contributed by atoms with Gasteiger partial charge in [-0.1, -0.05) is 11.6 Å². The van der Waals surface area contributed by atoms with Crippen LogP contribution in [0.15, 0.2) is 24.8 Å². The lowest BCUT2D eigenvalue weighted by atomic mass is 9.93. The molecule has 1 atom stereocenters. The maximum absolute atomic E-state index is 7.42. The fourth-order valence-corrected chi connectivity index (χ4v) is 3.40. The summed E-state index contributed by atoms with van der Waals surface area (Å²) in [7, 11) is 1.61. The van der Waals surface area contributed by atoms with E-state index in [1.807, 2.05) is 19.9 Å². The van der Waals surface area contributed by atoms with Crippen molar-refractivity contribution < 1.29 is 4.74 Å². The molecule has 0 aliphatic carbocycles. The lowest BCUT2D eigenvalue weighted by molar-refractivity contribution is 0.406. The van der Waals surface area contributed by atoms with E-state index in [-0.39, 0.29) is 12.6 Å². The molecule has 146 valence electrons. The largest absolute Gasteiger partial charge is 0.496 e. The van der Waals surface area contributed by atoms with E-state index in [2.05, 4.69) is 25.3 Å². The van der Waals surface area contributed by atoms with Crippen molar-refractivity contribution in [1.82, 2.24) is 19.9 Å². The number of aromatic nitrogens is 4. The van der Waals surface area contributed by atoms with Crippen LogP contribution in [0.2, 0.25) is 5.02 Å². The Balaban J connectivity index is 2.10. The van der Waals surface area contributed by atoms with Crippen molar-refractivity contribution in [2.75, 3.05) is 19.0 Å². The molecule has 3 aromatic rings. The first-order valence-corrected chi connectivity index (χ1v) is 9.07. The van der Waals surface area contributed by atoms with Crippen LogP contribution in [0.25, 0.3) is 16.7 Å². The molecule has 3 rings (SSSR count). The molecule has 0 saturated carbocycles. The lowest BCUT2D eigenvalue weighted by Gasteiger charge is -2.23. The topological polar surface area (TPSA) is 126 Å². The van der Waals surface area contributed by atoms with Crippen LogP contribution in [0.3, 0.4) is 0 Å². The Labute approximate surface area is 167 Å². The van der Waals surface area contributed by atoms with Crippen LogP contribution in [0.4, 0.5) is 5.82 Å². The first-order valence-electron chi connectivity index (χ1n) is 8.69. The second-order valence-corrected chi connectivity index (χ2v) is 6.64. The Morgan fingerprint density at radius 3 is 2.89 bits per heavy atom. The maximum atomic E-state index is 7.42. The normalized spacial score (nSPS) is 12.8. The van der Waals surface area contributed by atoms with Crippen LogP contribution in [0, 0.1) is 12.3 Å². The third-order valence-corrected chi connectivity index (χ3v) is 4.97. The van der Waals surface area contributed by atoms with E-state index in [4.69, 9.17) is 27.5 Å². The molecule has 2 heterocycles. The van der Waals surface area contributed by atoms with Gasteiger partial charge in [0.05, 0.1) is 19.5 Å². The van der Waals surface area contributed by atoms with Gasteiger partial charge in [0.25, 0.3) is 0 Å². The second-order valence-electron chi connectivity index (χ2n) is 6.23. The Morgan fingerprint density at radius 1 is 1.43 bits per heavy atom. The molecular formula is C19H22ClN7O. The van der Waals surface area contributed by atoms with Gasteiger partial charge in [-0.3, -0.25) is 0 Å². The van der Waals surface area contributed by atoms with E-state index in [1.165, 1.54) is 12.5 Å². The maximum Gasteiger partial charge on any atom is 0.182 e. The van der Waals surface area contributed by atoms with Crippen molar-refractivity contribution >= 4 is 40.4 Å². The van der Waals surface area contributed by atoms with Gasteiger partial charge < -0.3 is 26.2 Å². The number of H-pyrrole nitrogens is 1.